The number of fused-ring (bicyclic) bond motifs is 1. The first-order valence-corrected chi connectivity index (χ1v) is 10.2. The highest BCUT2D eigenvalue weighted by Crippen LogP contribution is 2.51. The van der Waals surface area contributed by atoms with E-state index in [0.29, 0.717) is 23.7 Å². The second kappa shape index (κ2) is 7.61. The maximum absolute atomic E-state index is 13.2. The zero-order chi connectivity index (χ0) is 21.4. The van der Waals surface area contributed by atoms with E-state index >= 15 is 0 Å². The lowest BCUT2D eigenvalue weighted by molar-refractivity contribution is -0.120. The summed E-state index contributed by atoms with van der Waals surface area (Å²) in [6, 6.07) is 15.5. The smallest absolute Gasteiger partial charge is 0.231 e. The van der Waals surface area contributed by atoms with E-state index in [1.165, 1.54) is 0 Å². The van der Waals surface area contributed by atoms with Crippen LogP contribution < -0.4 is 18.9 Å². The minimum atomic E-state index is -0.426. The molecule has 2 aromatic carbocycles. The number of benzene rings is 2. The molecule has 1 saturated carbocycles. The van der Waals surface area contributed by atoms with Crippen molar-refractivity contribution in [3.05, 3.63) is 66.0 Å². The Kier molecular flexibility index (Phi) is 4.77. The van der Waals surface area contributed by atoms with Crippen molar-refractivity contribution in [1.82, 2.24) is 4.98 Å². The number of pyridine rings is 1. The summed E-state index contributed by atoms with van der Waals surface area (Å²) in [4.78, 5) is 17.7. The van der Waals surface area contributed by atoms with Crippen LogP contribution in [0.15, 0.2) is 54.7 Å². The van der Waals surface area contributed by atoms with Crippen molar-refractivity contribution in [2.24, 2.45) is 0 Å². The average Bonchev–Trinajstić information content (AvgIpc) is 3.50. The van der Waals surface area contributed by atoms with Crippen LogP contribution in [-0.4, -0.2) is 31.8 Å². The third-order valence-electron chi connectivity index (χ3n) is 6.09. The molecule has 0 amide bonds. The maximum atomic E-state index is 13.2. The lowest BCUT2D eigenvalue weighted by atomic mass is 9.88. The van der Waals surface area contributed by atoms with Crippen molar-refractivity contribution < 1.29 is 23.7 Å². The highest BCUT2D eigenvalue weighted by Gasteiger charge is 2.50. The van der Waals surface area contributed by atoms with Crippen molar-refractivity contribution in [2.75, 3.05) is 21.0 Å². The largest absolute Gasteiger partial charge is 0.493 e. The number of carbonyl (C=O) groups is 1. The van der Waals surface area contributed by atoms with E-state index in [9.17, 15) is 4.79 Å². The molecule has 2 heterocycles. The molecule has 6 nitrogen and oxygen atoms in total. The maximum Gasteiger partial charge on any atom is 0.231 e. The van der Waals surface area contributed by atoms with Gasteiger partial charge in [-0.1, -0.05) is 18.2 Å². The van der Waals surface area contributed by atoms with E-state index in [1.54, 1.807) is 20.4 Å². The SMILES string of the molecule is COc1ccc(-c2ccc(CC(=O)C3(c4ccc5c(c4)OCO5)CC3)nc2)cc1OC. The van der Waals surface area contributed by atoms with Crippen molar-refractivity contribution in [1.29, 1.82) is 0 Å². The fourth-order valence-electron chi connectivity index (χ4n) is 4.10. The van der Waals surface area contributed by atoms with Gasteiger partial charge < -0.3 is 18.9 Å². The van der Waals surface area contributed by atoms with E-state index in [-0.39, 0.29) is 12.6 Å². The van der Waals surface area contributed by atoms with Crippen molar-refractivity contribution in [2.45, 2.75) is 24.7 Å². The fraction of sp³-hybridized carbons (Fsp3) is 0.280. The molecule has 0 radical (unpaired) electrons. The highest BCUT2D eigenvalue weighted by atomic mass is 16.7. The van der Waals surface area contributed by atoms with E-state index < -0.39 is 5.41 Å². The van der Waals surface area contributed by atoms with Crippen LogP contribution in [0, 0.1) is 0 Å². The molecule has 31 heavy (non-hydrogen) atoms. The van der Waals surface area contributed by atoms with Gasteiger partial charge >= 0.3 is 0 Å². The fourth-order valence-corrected chi connectivity index (χ4v) is 4.10. The average molecular weight is 417 g/mol. The summed E-state index contributed by atoms with van der Waals surface area (Å²) in [5, 5.41) is 0. The van der Waals surface area contributed by atoms with Gasteiger partial charge in [0.05, 0.1) is 19.6 Å². The molecule has 0 bridgehead atoms. The number of ether oxygens (including phenoxy) is 4. The molecular formula is C25H23NO5. The molecule has 6 heteroatoms. The Hall–Kier alpha value is -3.54. The summed E-state index contributed by atoms with van der Waals surface area (Å²) >= 11 is 0. The van der Waals surface area contributed by atoms with Crippen LogP contribution in [0.1, 0.15) is 24.1 Å². The zero-order valence-corrected chi connectivity index (χ0v) is 17.5. The van der Waals surface area contributed by atoms with Crippen LogP contribution in [0.2, 0.25) is 0 Å². The molecule has 5 rings (SSSR count). The number of hydrogen-bond acceptors (Lipinski definition) is 6. The summed E-state index contributed by atoms with van der Waals surface area (Å²) in [5.74, 6) is 2.99. The van der Waals surface area contributed by atoms with Crippen molar-refractivity contribution in [3.63, 3.8) is 0 Å². The van der Waals surface area contributed by atoms with Gasteiger partial charge in [0.2, 0.25) is 6.79 Å². The molecule has 0 saturated heterocycles. The van der Waals surface area contributed by atoms with Crippen LogP contribution >= 0.6 is 0 Å². The van der Waals surface area contributed by atoms with Crippen LogP contribution in [0.4, 0.5) is 0 Å². The van der Waals surface area contributed by atoms with Gasteiger partial charge in [-0.2, -0.15) is 0 Å². The Morgan fingerprint density at radius 3 is 2.42 bits per heavy atom. The summed E-state index contributed by atoms with van der Waals surface area (Å²) < 4.78 is 21.5. The number of nitrogens with zero attached hydrogens (tertiary/aromatic N) is 1. The Balaban J connectivity index is 1.32. The first-order chi connectivity index (χ1) is 15.1. The number of rotatable bonds is 7. The lowest BCUT2D eigenvalue weighted by Gasteiger charge is -2.15. The Labute approximate surface area is 180 Å². The van der Waals surface area contributed by atoms with E-state index in [0.717, 1.165) is 41.0 Å². The second-order valence-corrected chi connectivity index (χ2v) is 7.86. The van der Waals surface area contributed by atoms with Gasteiger partial charge in [-0.15, -0.1) is 0 Å². The van der Waals surface area contributed by atoms with Gasteiger partial charge in [-0.25, -0.2) is 0 Å². The molecule has 3 aromatic rings. The van der Waals surface area contributed by atoms with Crippen LogP contribution in [-0.2, 0) is 16.6 Å². The molecule has 1 aliphatic carbocycles. The summed E-state index contributed by atoms with van der Waals surface area (Å²) in [6.07, 6.45) is 3.81. The predicted octanol–water partition coefficient (Wildman–Crippen LogP) is 4.34. The van der Waals surface area contributed by atoms with Gasteiger partial charge in [0, 0.05) is 23.9 Å². The molecular weight excluding hydrogens is 394 g/mol. The molecule has 2 aliphatic rings. The number of hydrogen-bond donors (Lipinski definition) is 0. The van der Waals surface area contributed by atoms with Gasteiger partial charge in [0.1, 0.15) is 5.78 Å². The number of Topliss-reactive ketones (excluding diaryl/α,β-unsaturated/α-hetero) is 1. The van der Waals surface area contributed by atoms with Gasteiger partial charge in [-0.3, -0.25) is 9.78 Å². The molecule has 0 atom stereocenters. The van der Waals surface area contributed by atoms with E-state index in [4.69, 9.17) is 18.9 Å². The number of ketones is 1. The zero-order valence-electron chi connectivity index (χ0n) is 17.5. The highest BCUT2D eigenvalue weighted by molar-refractivity contribution is 5.94. The first kappa shape index (κ1) is 19.4. The van der Waals surface area contributed by atoms with Gasteiger partial charge in [0.25, 0.3) is 0 Å². The predicted molar refractivity (Wildman–Crippen MR) is 115 cm³/mol. The Bertz CT molecular complexity index is 1140. The Morgan fingerprint density at radius 2 is 1.71 bits per heavy atom. The van der Waals surface area contributed by atoms with Gasteiger partial charge in [-0.05, 0) is 54.3 Å². The quantitative estimate of drug-likeness (QED) is 0.570. The molecule has 0 spiro atoms. The minimum absolute atomic E-state index is 0.192. The summed E-state index contributed by atoms with van der Waals surface area (Å²) in [7, 11) is 3.23. The number of methoxy groups -OCH3 is 2. The van der Waals surface area contributed by atoms with Crippen molar-refractivity contribution >= 4 is 5.78 Å². The van der Waals surface area contributed by atoms with Crippen LogP contribution in [0.25, 0.3) is 11.1 Å². The molecule has 0 unspecified atom stereocenters. The molecule has 0 N–H and O–H groups in total. The molecule has 1 aliphatic heterocycles. The van der Waals surface area contributed by atoms with Crippen LogP contribution in [0.5, 0.6) is 23.0 Å². The molecule has 1 fully saturated rings. The van der Waals surface area contributed by atoms with Gasteiger partial charge in [0.15, 0.2) is 23.0 Å². The van der Waals surface area contributed by atoms with E-state index in [1.807, 2.05) is 48.5 Å². The normalized spacial score (nSPS) is 15.4. The minimum Gasteiger partial charge on any atom is -0.493 e. The monoisotopic (exact) mass is 417 g/mol. The third-order valence-corrected chi connectivity index (χ3v) is 6.09. The number of carbonyl (C=O) groups excluding carboxylic acids is 1. The molecule has 158 valence electrons. The molecule has 1 aromatic heterocycles. The van der Waals surface area contributed by atoms with E-state index in [2.05, 4.69) is 4.98 Å². The summed E-state index contributed by atoms with van der Waals surface area (Å²) in [5.41, 5.74) is 3.27. The lowest BCUT2D eigenvalue weighted by Crippen LogP contribution is -2.22. The van der Waals surface area contributed by atoms with Crippen molar-refractivity contribution in [3.8, 4) is 34.1 Å². The third kappa shape index (κ3) is 3.48. The number of aromatic nitrogens is 1. The second-order valence-electron chi connectivity index (χ2n) is 7.86. The summed E-state index contributed by atoms with van der Waals surface area (Å²) in [6.45, 7) is 0.232. The van der Waals surface area contributed by atoms with Crippen LogP contribution in [0.3, 0.4) is 0 Å². The standard InChI is InChI=1S/C25H23NO5/c1-28-20-7-4-16(11-22(20)29-2)17-3-6-19(26-14-17)13-24(27)25(9-10-25)18-5-8-21-23(12-18)31-15-30-21/h3-8,11-12,14H,9-10,13,15H2,1-2H3. The Morgan fingerprint density at radius 1 is 0.935 bits per heavy atom. The topological polar surface area (TPSA) is 66.9 Å². The first-order valence-electron chi connectivity index (χ1n) is 10.2.